The van der Waals surface area contributed by atoms with Crippen molar-refractivity contribution >= 4 is 11.6 Å². The molecule has 6 heteroatoms. The van der Waals surface area contributed by atoms with Gasteiger partial charge in [0, 0.05) is 36.6 Å². The molecule has 0 atom stereocenters. The number of benzene rings is 1. The fraction of sp³-hybridized carbons (Fsp3) is 0.500. The highest BCUT2D eigenvalue weighted by Crippen LogP contribution is 2.37. The second kappa shape index (κ2) is 8.69. The maximum atomic E-state index is 12.4. The monoisotopic (exact) mass is 382 g/mol. The summed E-state index contributed by atoms with van der Waals surface area (Å²) in [5, 5.41) is 2.92. The molecular formula is C22H30N4O2. The quantitative estimate of drug-likeness (QED) is 0.878. The molecule has 4 rings (SSSR count). The minimum atomic E-state index is -0.0929. The van der Waals surface area contributed by atoms with E-state index in [-0.39, 0.29) is 11.5 Å². The lowest BCUT2D eigenvalue weighted by molar-refractivity contribution is -0.0180. The number of ether oxygens (including phenoxy) is 1. The van der Waals surface area contributed by atoms with E-state index in [9.17, 15) is 4.79 Å². The Hall–Kier alpha value is -2.47. The summed E-state index contributed by atoms with van der Waals surface area (Å²) in [6.45, 7) is 11.0. The Labute approximate surface area is 167 Å². The van der Waals surface area contributed by atoms with Crippen molar-refractivity contribution in [3.63, 3.8) is 0 Å². The predicted octanol–water partition coefficient (Wildman–Crippen LogP) is 3.42. The number of hydrogen-bond acceptors (Lipinski definition) is 5. The first kappa shape index (κ1) is 20.3. The van der Waals surface area contributed by atoms with Crippen molar-refractivity contribution in [2.45, 2.75) is 52.7 Å². The lowest BCUT2D eigenvalue weighted by atomic mass is 9.90. The summed E-state index contributed by atoms with van der Waals surface area (Å²) in [6.07, 6.45) is 2.32. The van der Waals surface area contributed by atoms with Gasteiger partial charge in [-0.3, -0.25) is 4.79 Å². The van der Waals surface area contributed by atoms with Gasteiger partial charge in [0.05, 0.1) is 12.2 Å². The van der Waals surface area contributed by atoms with Crippen molar-refractivity contribution in [1.82, 2.24) is 15.3 Å². The van der Waals surface area contributed by atoms with Gasteiger partial charge in [0.1, 0.15) is 11.4 Å². The van der Waals surface area contributed by atoms with Crippen LogP contribution >= 0.6 is 0 Å². The number of nitrogens with one attached hydrogen (secondary N) is 1. The standard InChI is InChI=1S/C20H24N4O2.C2H6/c1-14-10-17(23-15(2)22-14)11-21-19(25)16-4-6-18(7-5-16)24-12-20(13-24)8-3-9-26-20;1-2/h4-7,10H,3,8-9,11-13H2,1-2H3,(H,21,25);1-2H3. The minimum Gasteiger partial charge on any atom is -0.371 e. The van der Waals surface area contributed by atoms with Gasteiger partial charge in [-0.05, 0) is 57.0 Å². The Morgan fingerprint density at radius 1 is 1.18 bits per heavy atom. The molecule has 150 valence electrons. The summed E-state index contributed by atoms with van der Waals surface area (Å²) < 4.78 is 5.86. The topological polar surface area (TPSA) is 67.4 Å². The first-order chi connectivity index (χ1) is 13.5. The maximum Gasteiger partial charge on any atom is 0.251 e. The molecule has 0 radical (unpaired) electrons. The van der Waals surface area contributed by atoms with E-state index in [4.69, 9.17) is 4.74 Å². The lowest BCUT2D eigenvalue weighted by Gasteiger charge is -2.48. The van der Waals surface area contributed by atoms with E-state index < -0.39 is 0 Å². The van der Waals surface area contributed by atoms with Gasteiger partial charge in [-0.15, -0.1) is 0 Å². The normalized spacial score (nSPS) is 16.9. The van der Waals surface area contributed by atoms with Crippen LogP contribution < -0.4 is 10.2 Å². The third kappa shape index (κ3) is 4.50. The van der Waals surface area contributed by atoms with Crippen LogP contribution in [0, 0.1) is 13.8 Å². The molecule has 0 unspecified atom stereocenters. The summed E-state index contributed by atoms with van der Waals surface area (Å²) in [5.41, 5.74) is 3.62. The average Bonchev–Trinajstić information content (AvgIpc) is 3.16. The molecule has 1 amide bonds. The van der Waals surface area contributed by atoms with Crippen LogP contribution in [0.2, 0.25) is 0 Å². The molecule has 1 aromatic carbocycles. The number of anilines is 1. The van der Waals surface area contributed by atoms with Crippen molar-refractivity contribution in [1.29, 1.82) is 0 Å². The smallest absolute Gasteiger partial charge is 0.251 e. The van der Waals surface area contributed by atoms with Crippen LogP contribution in [-0.4, -0.2) is 41.2 Å². The Kier molecular flexibility index (Phi) is 6.29. The van der Waals surface area contributed by atoms with Gasteiger partial charge in [0.25, 0.3) is 5.91 Å². The van der Waals surface area contributed by atoms with Crippen molar-refractivity contribution in [3.05, 3.63) is 53.1 Å². The van der Waals surface area contributed by atoms with Gasteiger partial charge in [0.2, 0.25) is 0 Å². The first-order valence-electron chi connectivity index (χ1n) is 10.1. The van der Waals surface area contributed by atoms with Gasteiger partial charge in [-0.2, -0.15) is 0 Å². The second-order valence-corrected chi connectivity index (χ2v) is 7.27. The van der Waals surface area contributed by atoms with Crippen molar-refractivity contribution in [3.8, 4) is 0 Å². The van der Waals surface area contributed by atoms with Crippen LogP contribution in [0.4, 0.5) is 5.69 Å². The van der Waals surface area contributed by atoms with Crippen molar-refractivity contribution in [2.75, 3.05) is 24.6 Å². The molecule has 3 heterocycles. The fourth-order valence-electron chi connectivity index (χ4n) is 3.82. The number of hydrogen-bond donors (Lipinski definition) is 1. The molecule has 1 aromatic heterocycles. The van der Waals surface area contributed by atoms with Gasteiger partial charge in [-0.1, -0.05) is 13.8 Å². The molecule has 28 heavy (non-hydrogen) atoms. The molecule has 0 saturated carbocycles. The first-order valence-corrected chi connectivity index (χ1v) is 10.1. The molecule has 0 aliphatic carbocycles. The summed E-state index contributed by atoms with van der Waals surface area (Å²) in [6, 6.07) is 9.66. The zero-order chi connectivity index (χ0) is 20.1. The third-order valence-electron chi connectivity index (χ3n) is 5.09. The highest BCUT2D eigenvalue weighted by molar-refractivity contribution is 5.94. The Morgan fingerprint density at radius 3 is 2.50 bits per heavy atom. The van der Waals surface area contributed by atoms with Gasteiger partial charge < -0.3 is 15.0 Å². The van der Waals surface area contributed by atoms with Crippen LogP contribution in [0.1, 0.15) is 54.3 Å². The molecule has 1 spiro atoms. The average molecular weight is 383 g/mol. The number of nitrogens with zero attached hydrogens (tertiary/aromatic N) is 3. The fourth-order valence-corrected chi connectivity index (χ4v) is 3.82. The third-order valence-corrected chi connectivity index (χ3v) is 5.09. The number of aryl methyl sites for hydroxylation is 2. The maximum absolute atomic E-state index is 12.4. The van der Waals surface area contributed by atoms with Crippen LogP contribution in [-0.2, 0) is 11.3 Å². The molecule has 2 aromatic rings. The summed E-state index contributed by atoms with van der Waals surface area (Å²) in [4.78, 5) is 23.3. The van der Waals surface area contributed by atoms with Gasteiger partial charge in [0.15, 0.2) is 0 Å². The van der Waals surface area contributed by atoms with E-state index >= 15 is 0 Å². The van der Waals surface area contributed by atoms with E-state index in [2.05, 4.69) is 20.2 Å². The molecule has 2 fully saturated rings. The second-order valence-electron chi connectivity index (χ2n) is 7.27. The van der Waals surface area contributed by atoms with E-state index in [0.29, 0.717) is 12.1 Å². The van der Waals surface area contributed by atoms with Crippen molar-refractivity contribution < 1.29 is 9.53 Å². The van der Waals surface area contributed by atoms with Crippen LogP contribution in [0.25, 0.3) is 0 Å². The molecule has 2 aliphatic rings. The van der Waals surface area contributed by atoms with Crippen LogP contribution in [0.5, 0.6) is 0 Å². The molecule has 2 saturated heterocycles. The largest absolute Gasteiger partial charge is 0.371 e. The van der Waals surface area contributed by atoms with E-state index in [1.54, 1.807) is 0 Å². The molecule has 1 N–H and O–H groups in total. The molecule has 0 bridgehead atoms. The minimum absolute atomic E-state index is 0.0872. The highest BCUT2D eigenvalue weighted by Gasteiger charge is 2.46. The zero-order valence-electron chi connectivity index (χ0n) is 17.3. The number of carbonyl (C=O) groups excluding carboxylic acids is 1. The van der Waals surface area contributed by atoms with Gasteiger partial charge in [-0.25, -0.2) is 9.97 Å². The highest BCUT2D eigenvalue weighted by atomic mass is 16.5. The Bertz CT molecular complexity index is 786. The number of rotatable bonds is 4. The van der Waals surface area contributed by atoms with Crippen LogP contribution in [0.15, 0.2) is 30.3 Å². The number of carbonyl (C=O) groups is 1. The Balaban J connectivity index is 0.00000109. The summed E-state index contributed by atoms with van der Waals surface area (Å²) >= 11 is 0. The summed E-state index contributed by atoms with van der Waals surface area (Å²) in [7, 11) is 0. The SMILES string of the molecule is CC.Cc1cc(CNC(=O)c2ccc(N3CC4(CCCO4)C3)cc2)nc(C)n1. The predicted molar refractivity (Wildman–Crippen MR) is 111 cm³/mol. The molecule has 6 nitrogen and oxygen atoms in total. The Morgan fingerprint density at radius 2 is 1.89 bits per heavy atom. The number of aromatic nitrogens is 2. The van der Waals surface area contributed by atoms with Crippen molar-refractivity contribution in [2.24, 2.45) is 0 Å². The lowest BCUT2D eigenvalue weighted by Crippen LogP contribution is -2.61. The van der Waals surface area contributed by atoms with Crippen LogP contribution in [0.3, 0.4) is 0 Å². The zero-order valence-corrected chi connectivity index (χ0v) is 17.3. The molecular weight excluding hydrogens is 352 g/mol. The van der Waals surface area contributed by atoms with E-state index in [1.165, 1.54) is 6.42 Å². The van der Waals surface area contributed by atoms with Gasteiger partial charge >= 0.3 is 0 Å². The summed E-state index contributed by atoms with van der Waals surface area (Å²) in [5.74, 6) is 0.627. The van der Waals surface area contributed by atoms with E-state index in [0.717, 1.165) is 49.0 Å². The van der Waals surface area contributed by atoms with E-state index in [1.807, 2.05) is 58.0 Å². The molecule has 2 aliphatic heterocycles. The number of amides is 1.